The minimum Gasteiger partial charge on any atom is -0.365 e. The number of aromatic nitrogens is 4. The van der Waals surface area contributed by atoms with E-state index in [1.165, 1.54) is 6.33 Å². The van der Waals surface area contributed by atoms with Crippen LogP contribution in [-0.2, 0) is 0 Å². The average molecular weight is 234 g/mol. The zero-order chi connectivity index (χ0) is 12.5. The first kappa shape index (κ1) is 11.8. The van der Waals surface area contributed by atoms with Crippen LogP contribution in [0.15, 0.2) is 12.4 Å². The fraction of sp³-hybridized carbons (Fsp3) is 0.545. The van der Waals surface area contributed by atoms with Crippen molar-refractivity contribution in [3.8, 4) is 0 Å². The standard InChI is InChI=1S/C11H18N6/c1-8-6-9(16-11(2,3)4-5-12)17-10(15-8)13-7-14-17/h6-7,16H,4-5,12H2,1-3H3. The van der Waals surface area contributed by atoms with Crippen molar-refractivity contribution in [1.82, 2.24) is 19.6 Å². The predicted molar refractivity (Wildman–Crippen MR) is 66.9 cm³/mol. The first-order valence-electron chi connectivity index (χ1n) is 5.67. The molecule has 0 saturated carbocycles. The molecule has 2 heterocycles. The van der Waals surface area contributed by atoms with Crippen molar-refractivity contribution in [3.63, 3.8) is 0 Å². The van der Waals surface area contributed by atoms with E-state index in [1.54, 1.807) is 4.52 Å². The van der Waals surface area contributed by atoms with Gasteiger partial charge in [-0.25, -0.2) is 4.98 Å². The summed E-state index contributed by atoms with van der Waals surface area (Å²) in [7, 11) is 0. The molecule has 6 heteroatoms. The highest BCUT2D eigenvalue weighted by molar-refractivity contribution is 5.46. The normalized spacial score (nSPS) is 12.0. The second kappa shape index (κ2) is 4.29. The van der Waals surface area contributed by atoms with Gasteiger partial charge in [0.25, 0.3) is 5.78 Å². The van der Waals surface area contributed by atoms with E-state index >= 15 is 0 Å². The molecule has 3 N–H and O–H groups in total. The zero-order valence-corrected chi connectivity index (χ0v) is 10.4. The Bertz CT molecular complexity index is 516. The summed E-state index contributed by atoms with van der Waals surface area (Å²) in [6, 6.07) is 1.96. The fourth-order valence-electron chi connectivity index (χ4n) is 1.79. The van der Waals surface area contributed by atoms with Gasteiger partial charge in [-0.2, -0.15) is 14.6 Å². The summed E-state index contributed by atoms with van der Waals surface area (Å²) in [6.45, 7) is 6.80. The lowest BCUT2D eigenvalue weighted by Crippen LogP contribution is -2.34. The number of rotatable bonds is 4. The monoisotopic (exact) mass is 234 g/mol. The van der Waals surface area contributed by atoms with Crippen molar-refractivity contribution in [2.75, 3.05) is 11.9 Å². The van der Waals surface area contributed by atoms with Crippen LogP contribution in [0.2, 0.25) is 0 Å². The second-order valence-corrected chi connectivity index (χ2v) is 4.80. The van der Waals surface area contributed by atoms with E-state index in [-0.39, 0.29) is 5.54 Å². The van der Waals surface area contributed by atoms with Gasteiger partial charge < -0.3 is 11.1 Å². The van der Waals surface area contributed by atoms with E-state index in [4.69, 9.17) is 5.73 Å². The van der Waals surface area contributed by atoms with Gasteiger partial charge in [-0.15, -0.1) is 0 Å². The summed E-state index contributed by atoms with van der Waals surface area (Å²) in [5, 5.41) is 7.58. The lowest BCUT2D eigenvalue weighted by Gasteiger charge is -2.27. The van der Waals surface area contributed by atoms with E-state index in [9.17, 15) is 0 Å². The quantitative estimate of drug-likeness (QED) is 0.824. The Morgan fingerprint density at radius 1 is 1.47 bits per heavy atom. The van der Waals surface area contributed by atoms with Gasteiger partial charge in [0.2, 0.25) is 0 Å². The molecule has 0 atom stereocenters. The first-order valence-corrected chi connectivity index (χ1v) is 5.67. The van der Waals surface area contributed by atoms with E-state index in [0.717, 1.165) is 17.9 Å². The van der Waals surface area contributed by atoms with Crippen LogP contribution in [0.1, 0.15) is 26.0 Å². The van der Waals surface area contributed by atoms with Crippen molar-refractivity contribution in [2.24, 2.45) is 5.73 Å². The highest BCUT2D eigenvalue weighted by Gasteiger charge is 2.18. The Kier molecular flexibility index (Phi) is 2.97. The number of hydrogen-bond acceptors (Lipinski definition) is 5. The van der Waals surface area contributed by atoms with Gasteiger partial charge in [0.1, 0.15) is 12.1 Å². The maximum Gasteiger partial charge on any atom is 0.254 e. The molecule has 2 aromatic rings. The van der Waals surface area contributed by atoms with E-state index < -0.39 is 0 Å². The second-order valence-electron chi connectivity index (χ2n) is 4.80. The van der Waals surface area contributed by atoms with Crippen LogP contribution in [0, 0.1) is 6.92 Å². The number of aryl methyl sites for hydroxylation is 1. The van der Waals surface area contributed by atoms with Gasteiger partial charge in [0, 0.05) is 17.3 Å². The molecule has 6 nitrogen and oxygen atoms in total. The van der Waals surface area contributed by atoms with Crippen molar-refractivity contribution < 1.29 is 0 Å². The minimum atomic E-state index is -0.0819. The number of nitrogens with two attached hydrogens (primary N) is 1. The molecular weight excluding hydrogens is 216 g/mol. The SMILES string of the molecule is Cc1cc(NC(C)(C)CCN)n2ncnc2n1. The lowest BCUT2D eigenvalue weighted by molar-refractivity contribution is 0.522. The van der Waals surface area contributed by atoms with Crippen LogP contribution in [0.25, 0.3) is 5.78 Å². The van der Waals surface area contributed by atoms with Crippen molar-refractivity contribution in [1.29, 1.82) is 0 Å². The minimum absolute atomic E-state index is 0.0819. The molecule has 0 spiro atoms. The predicted octanol–water partition coefficient (Wildman–Crippen LogP) is 0.972. The van der Waals surface area contributed by atoms with Crippen LogP contribution in [0.4, 0.5) is 5.82 Å². The smallest absolute Gasteiger partial charge is 0.254 e. The topological polar surface area (TPSA) is 81.1 Å². The van der Waals surface area contributed by atoms with Gasteiger partial charge >= 0.3 is 0 Å². The molecule has 0 aliphatic heterocycles. The number of anilines is 1. The summed E-state index contributed by atoms with van der Waals surface area (Å²) < 4.78 is 1.70. The first-order chi connectivity index (χ1) is 8.02. The molecule has 0 amide bonds. The van der Waals surface area contributed by atoms with E-state index in [2.05, 4.69) is 34.2 Å². The number of nitrogens with zero attached hydrogens (tertiary/aromatic N) is 4. The number of hydrogen-bond donors (Lipinski definition) is 2. The molecule has 17 heavy (non-hydrogen) atoms. The molecule has 0 unspecified atom stereocenters. The van der Waals surface area contributed by atoms with E-state index in [1.807, 2.05) is 13.0 Å². The molecule has 0 fully saturated rings. The van der Waals surface area contributed by atoms with Crippen LogP contribution in [0.5, 0.6) is 0 Å². The highest BCUT2D eigenvalue weighted by atomic mass is 15.4. The van der Waals surface area contributed by atoms with Crippen molar-refractivity contribution >= 4 is 11.6 Å². The third kappa shape index (κ3) is 2.52. The summed E-state index contributed by atoms with van der Waals surface area (Å²) in [5.41, 5.74) is 6.44. The zero-order valence-electron chi connectivity index (χ0n) is 10.4. The van der Waals surface area contributed by atoms with Crippen LogP contribution < -0.4 is 11.1 Å². The Hall–Kier alpha value is -1.69. The molecule has 2 aromatic heterocycles. The van der Waals surface area contributed by atoms with Crippen molar-refractivity contribution in [2.45, 2.75) is 32.7 Å². The van der Waals surface area contributed by atoms with Gasteiger partial charge in [-0.1, -0.05) is 0 Å². The van der Waals surface area contributed by atoms with E-state index in [0.29, 0.717) is 12.3 Å². The molecular formula is C11H18N6. The van der Waals surface area contributed by atoms with Crippen LogP contribution >= 0.6 is 0 Å². The van der Waals surface area contributed by atoms with Crippen molar-refractivity contribution in [3.05, 3.63) is 18.1 Å². The van der Waals surface area contributed by atoms with Crippen LogP contribution in [0.3, 0.4) is 0 Å². The molecule has 0 aliphatic rings. The molecule has 0 radical (unpaired) electrons. The maximum atomic E-state index is 5.60. The Labute approximate surface area is 100 Å². The number of fused-ring (bicyclic) bond motifs is 1. The van der Waals surface area contributed by atoms with Gasteiger partial charge in [0.15, 0.2) is 0 Å². The molecule has 0 bridgehead atoms. The summed E-state index contributed by atoms with van der Waals surface area (Å²) >= 11 is 0. The largest absolute Gasteiger partial charge is 0.365 e. The highest BCUT2D eigenvalue weighted by Crippen LogP contribution is 2.18. The molecule has 2 rings (SSSR count). The molecule has 0 aromatic carbocycles. The van der Waals surface area contributed by atoms with Gasteiger partial charge in [-0.3, -0.25) is 0 Å². The summed E-state index contributed by atoms with van der Waals surface area (Å²) in [6.07, 6.45) is 2.38. The van der Waals surface area contributed by atoms with Gasteiger partial charge in [-0.05, 0) is 33.7 Å². The Morgan fingerprint density at radius 3 is 2.94 bits per heavy atom. The maximum absolute atomic E-state index is 5.60. The third-order valence-electron chi connectivity index (χ3n) is 2.62. The van der Waals surface area contributed by atoms with Gasteiger partial charge in [0.05, 0.1) is 0 Å². The molecule has 0 saturated heterocycles. The lowest BCUT2D eigenvalue weighted by atomic mass is 10.0. The Balaban J connectivity index is 2.37. The molecule has 0 aliphatic carbocycles. The van der Waals surface area contributed by atoms with Crippen LogP contribution in [-0.4, -0.2) is 31.7 Å². The molecule has 92 valence electrons. The fourth-order valence-corrected chi connectivity index (χ4v) is 1.79. The summed E-state index contributed by atoms with van der Waals surface area (Å²) in [4.78, 5) is 8.39. The third-order valence-corrected chi connectivity index (χ3v) is 2.62. The average Bonchev–Trinajstić information content (AvgIpc) is 2.64. The number of nitrogens with one attached hydrogen (secondary N) is 1. The summed E-state index contributed by atoms with van der Waals surface area (Å²) in [5.74, 6) is 1.50. The Morgan fingerprint density at radius 2 is 2.24 bits per heavy atom.